The Balaban J connectivity index is 2.01. The van der Waals surface area contributed by atoms with Crippen molar-refractivity contribution in [1.29, 1.82) is 0 Å². The number of pyridine rings is 1. The van der Waals surface area contributed by atoms with E-state index in [1.165, 1.54) is 0 Å². The summed E-state index contributed by atoms with van der Waals surface area (Å²) >= 11 is 0. The fraction of sp³-hybridized carbons (Fsp3) is 0.350. The highest BCUT2D eigenvalue weighted by molar-refractivity contribution is 6.01. The molecule has 0 saturated heterocycles. The topological polar surface area (TPSA) is 59.8 Å². The van der Waals surface area contributed by atoms with Crippen molar-refractivity contribution in [2.45, 2.75) is 33.1 Å². The zero-order chi connectivity index (χ0) is 17.8. The molecule has 1 N–H and O–H groups in total. The van der Waals surface area contributed by atoms with E-state index in [4.69, 9.17) is 0 Å². The number of fused-ring (bicyclic) bond motifs is 1. The third-order valence-electron chi connectivity index (χ3n) is 4.50. The minimum absolute atomic E-state index is 0.128. The van der Waals surface area contributed by atoms with Crippen LogP contribution in [0.2, 0.25) is 0 Å². The van der Waals surface area contributed by atoms with E-state index in [9.17, 15) is 4.79 Å². The first-order valence-corrected chi connectivity index (χ1v) is 8.78. The summed E-state index contributed by atoms with van der Waals surface area (Å²) in [7, 11) is 1.97. The van der Waals surface area contributed by atoms with E-state index < -0.39 is 0 Å². The summed E-state index contributed by atoms with van der Waals surface area (Å²) in [6.45, 7) is 4.86. The third kappa shape index (κ3) is 3.55. The highest BCUT2D eigenvalue weighted by atomic mass is 16.1. The Hall–Kier alpha value is -2.69. The lowest BCUT2D eigenvalue weighted by Gasteiger charge is -2.10. The van der Waals surface area contributed by atoms with Crippen LogP contribution in [0.4, 0.5) is 0 Å². The summed E-state index contributed by atoms with van der Waals surface area (Å²) in [4.78, 5) is 21.6. The van der Waals surface area contributed by atoms with E-state index in [2.05, 4.69) is 22.2 Å². The quantitative estimate of drug-likeness (QED) is 0.695. The molecule has 0 aliphatic carbocycles. The molecule has 3 rings (SSSR count). The van der Waals surface area contributed by atoms with E-state index in [0.717, 1.165) is 47.1 Å². The highest BCUT2D eigenvalue weighted by Crippen LogP contribution is 2.29. The van der Waals surface area contributed by atoms with Gasteiger partial charge in [0.25, 0.3) is 5.91 Å². The summed E-state index contributed by atoms with van der Waals surface area (Å²) in [5.41, 5.74) is 4.15. The maximum atomic E-state index is 12.5. The first-order chi connectivity index (χ1) is 12.1. The lowest BCUT2D eigenvalue weighted by Crippen LogP contribution is -2.25. The van der Waals surface area contributed by atoms with Crippen molar-refractivity contribution in [2.24, 2.45) is 7.05 Å². The molecular formula is C20H24N4O. The highest BCUT2D eigenvalue weighted by Gasteiger charge is 2.16. The number of carbonyl (C=O) groups excluding carboxylic acids is 1. The zero-order valence-corrected chi connectivity index (χ0v) is 15.0. The van der Waals surface area contributed by atoms with Gasteiger partial charge in [0.15, 0.2) is 0 Å². The lowest BCUT2D eigenvalue weighted by molar-refractivity contribution is 0.0948. The fourth-order valence-corrected chi connectivity index (χ4v) is 2.91. The number of nitrogens with zero attached hydrogens (tertiary/aromatic N) is 3. The van der Waals surface area contributed by atoms with Gasteiger partial charge in [0, 0.05) is 30.2 Å². The van der Waals surface area contributed by atoms with Crippen LogP contribution in [-0.4, -0.2) is 27.0 Å². The Kier molecular flexibility index (Phi) is 5.12. The summed E-state index contributed by atoms with van der Waals surface area (Å²) in [5.74, 6) is -0.128. The number of aromatic nitrogens is 3. The second-order valence-corrected chi connectivity index (χ2v) is 6.32. The molecule has 0 fully saturated rings. The van der Waals surface area contributed by atoms with Crippen LogP contribution in [0, 0.1) is 6.92 Å². The molecule has 0 atom stereocenters. The van der Waals surface area contributed by atoms with E-state index in [1.807, 2.05) is 48.9 Å². The molecule has 130 valence electrons. The molecule has 0 aliphatic rings. The summed E-state index contributed by atoms with van der Waals surface area (Å²) in [6, 6.07) is 9.73. The van der Waals surface area contributed by atoms with E-state index in [-0.39, 0.29) is 5.91 Å². The maximum Gasteiger partial charge on any atom is 0.269 e. The van der Waals surface area contributed by atoms with Gasteiger partial charge in [-0.1, -0.05) is 38.0 Å². The van der Waals surface area contributed by atoms with Crippen molar-refractivity contribution in [2.75, 3.05) is 6.54 Å². The van der Waals surface area contributed by atoms with Crippen molar-refractivity contribution in [3.05, 3.63) is 48.0 Å². The van der Waals surface area contributed by atoms with Gasteiger partial charge < -0.3 is 9.88 Å². The Morgan fingerprint density at radius 3 is 2.76 bits per heavy atom. The number of benzene rings is 1. The van der Waals surface area contributed by atoms with Crippen LogP contribution in [0.15, 0.2) is 36.7 Å². The number of carbonyl (C=O) groups is 1. The maximum absolute atomic E-state index is 12.5. The van der Waals surface area contributed by atoms with Crippen molar-refractivity contribution < 1.29 is 4.79 Å². The van der Waals surface area contributed by atoms with Gasteiger partial charge in [0.2, 0.25) is 0 Å². The largest absolute Gasteiger partial charge is 0.351 e. The molecule has 0 radical (unpaired) electrons. The monoisotopic (exact) mass is 336 g/mol. The van der Waals surface area contributed by atoms with Crippen LogP contribution in [0.5, 0.6) is 0 Å². The second kappa shape index (κ2) is 7.47. The molecular weight excluding hydrogens is 312 g/mol. The fourth-order valence-electron chi connectivity index (χ4n) is 2.91. The van der Waals surface area contributed by atoms with E-state index in [0.29, 0.717) is 12.2 Å². The molecule has 0 unspecified atom stereocenters. The van der Waals surface area contributed by atoms with Crippen LogP contribution in [-0.2, 0) is 7.05 Å². The van der Waals surface area contributed by atoms with Crippen LogP contribution < -0.4 is 5.32 Å². The second-order valence-electron chi connectivity index (χ2n) is 6.32. The predicted octanol–water partition coefficient (Wildman–Crippen LogP) is 3.86. The number of rotatable bonds is 6. The summed E-state index contributed by atoms with van der Waals surface area (Å²) in [5, 5.41) is 3.98. The Labute approximate surface area is 148 Å². The molecule has 0 spiro atoms. The molecule has 2 heterocycles. The van der Waals surface area contributed by atoms with Crippen LogP contribution in [0.1, 0.15) is 42.4 Å². The Morgan fingerprint density at radius 1 is 1.24 bits per heavy atom. The first kappa shape index (κ1) is 17.1. The third-order valence-corrected chi connectivity index (χ3v) is 4.50. The standard InChI is InChI=1S/C20H24N4O/c1-4-5-8-11-21-20(25)18-12-16(19-14(2)24(3)13-22-19)15-9-6-7-10-17(15)23-18/h6-7,9-10,12-13H,4-5,8,11H2,1-3H3,(H,21,25). The molecule has 3 aromatic rings. The summed E-state index contributed by atoms with van der Waals surface area (Å²) in [6.07, 6.45) is 5.03. The van der Waals surface area contributed by atoms with Gasteiger partial charge in [-0.25, -0.2) is 9.97 Å². The minimum atomic E-state index is -0.128. The normalized spacial score (nSPS) is 11.0. The first-order valence-electron chi connectivity index (χ1n) is 8.78. The number of nitrogens with one attached hydrogen (secondary N) is 1. The van der Waals surface area contributed by atoms with Gasteiger partial charge in [-0.15, -0.1) is 0 Å². The number of hydrogen-bond donors (Lipinski definition) is 1. The van der Waals surface area contributed by atoms with Crippen molar-refractivity contribution >= 4 is 16.8 Å². The van der Waals surface area contributed by atoms with Gasteiger partial charge in [0.1, 0.15) is 5.69 Å². The number of imidazole rings is 1. The zero-order valence-electron chi connectivity index (χ0n) is 15.0. The smallest absolute Gasteiger partial charge is 0.269 e. The molecule has 0 saturated carbocycles. The number of unbranched alkanes of at least 4 members (excludes halogenated alkanes) is 2. The van der Waals surface area contributed by atoms with Gasteiger partial charge in [-0.3, -0.25) is 4.79 Å². The average molecular weight is 336 g/mol. The van der Waals surface area contributed by atoms with Crippen LogP contribution in [0.3, 0.4) is 0 Å². The number of amides is 1. The minimum Gasteiger partial charge on any atom is -0.351 e. The molecule has 2 aromatic heterocycles. The van der Waals surface area contributed by atoms with Crippen molar-refractivity contribution in [3.63, 3.8) is 0 Å². The molecule has 0 aliphatic heterocycles. The Bertz CT molecular complexity index is 898. The van der Waals surface area contributed by atoms with Crippen LogP contribution in [0.25, 0.3) is 22.2 Å². The predicted molar refractivity (Wildman–Crippen MR) is 101 cm³/mol. The molecule has 1 amide bonds. The van der Waals surface area contributed by atoms with Crippen LogP contribution >= 0.6 is 0 Å². The van der Waals surface area contributed by atoms with E-state index >= 15 is 0 Å². The van der Waals surface area contributed by atoms with Gasteiger partial charge in [-0.05, 0) is 25.5 Å². The SMILES string of the molecule is CCCCCNC(=O)c1cc(-c2ncn(C)c2C)c2ccccc2n1. The summed E-state index contributed by atoms with van der Waals surface area (Å²) < 4.78 is 1.98. The molecule has 1 aromatic carbocycles. The molecule has 0 bridgehead atoms. The van der Waals surface area contributed by atoms with Gasteiger partial charge >= 0.3 is 0 Å². The van der Waals surface area contributed by atoms with Crippen molar-refractivity contribution in [1.82, 2.24) is 19.9 Å². The lowest BCUT2D eigenvalue weighted by atomic mass is 10.0. The number of para-hydroxylation sites is 1. The number of aryl methyl sites for hydroxylation is 1. The van der Waals surface area contributed by atoms with E-state index in [1.54, 1.807) is 6.33 Å². The Morgan fingerprint density at radius 2 is 2.04 bits per heavy atom. The molecule has 5 nitrogen and oxygen atoms in total. The number of hydrogen-bond acceptors (Lipinski definition) is 3. The van der Waals surface area contributed by atoms with Gasteiger partial charge in [0.05, 0.1) is 17.5 Å². The van der Waals surface area contributed by atoms with Crippen molar-refractivity contribution in [3.8, 4) is 11.3 Å². The molecule has 5 heteroatoms. The average Bonchev–Trinajstić information content (AvgIpc) is 2.96. The molecule has 25 heavy (non-hydrogen) atoms. The van der Waals surface area contributed by atoms with Gasteiger partial charge in [-0.2, -0.15) is 0 Å².